The van der Waals surface area contributed by atoms with E-state index in [1.54, 1.807) is 0 Å². The molecule has 10 heavy (non-hydrogen) atoms. The van der Waals surface area contributed by atoms with Crippen molar-refractivity contribution in [1.29, 1.82) is 0 Å². The third-order valence-electron chi connectivity index (χ3n) is 1.61. The van der Waals surface area contributed by atoms with Gasteiger partial charge in [-0.15, -0.1) is 0 Å². The molecule has 0 saturated carbocycles. The van der Waals surface area contributed by atoms with Crippen molar-refractivity contribution in [1.82, 2.24) is 21.7 Å². The molecule has 1 heterocycles. The van der Waals surface area contributed by atoms with Crippen molar-refractivity contribution in [3.8, 4) is 0 Å². The summed E-state index contributed by atoms with van der Waals surface area (Å²) in [5.74, 6) is 0. The van der Waals surface area contributed by atoms with Gasteiger partial charge in [-0.05, 0) is 25.6 Å². The molecule has 1 aliphatic rings. The molecule has 0 bridgehead atoms. The van der Waals surface area contributed by atoms with Crippen molar-refractivity contribution in [2.75, 3.05) is 0 Å². The van der Waals surface area contributed by atoms with Crippen molar-refractivity contribution < 1.29 is 0 Å². The SMILES string of the molecule is CCC1(C)NNC(=S)NN1. The Morgan fingerprint density at radius 1 is 1.40 bits per heavy atom. The quantitative estimate of drug-likeness (QED) is 0.393. The zero-order valence-corrected chi connectivity index (χ0v) is 6.93. The van der Waals surface area contributed by atoms with Crippen LogP contribution in [0, 0.1) is 0 Å². The summed E-state index contributed by atoms with van der Waals surface area (Å²) in [4.78, 5) is 0. The summed E-state index contributed by atoms with van der Waals surface area (Å²) in [6.45, 7) is 4.12. The molecule has 1 rings (SSSR count). The number of hydrogen-bond acceptors (Lipinski definition) is 3. The van der Waals surface area contributed by atoms with E-state index < -0.39 is 0 Å². The van der Waals surface area contributed by atoms with Crippen LogP contribution in [0.25, 0.3) is 0 Å². The molecule has 0 aromatic rings. The molecule has 0 unspecified atom stereocenters. The lowest BCUT2D eigenvalue weighted by Gasteiger charge is -2.36. The van der Waals surface area contributed by atoms with Crippen LogP contribution in [0.3, 0.4) is 0 Å². The minimum atomic E-state index is -0.109. The Kier molecular flexibility index (Phi) is 2.08. The molecular formula is C5H12N4S. The van der Waals surface area contributed by atoms with Crippen LogP contribution in [-0.2, 0) is 0 Å². The van der Waals surface area contributed by atoms with Crippen LogP contribution in [0.4, 0.5) is 0 Å². The van der Waals surface area contributed by atoms with Crippen LogP contribution in [-0.4, -0.2) is 10.8 Å². The standard InChI is InChI=1S/C5H12N4S/c1-3-5(2)8-6-4(10)7-9-5/h8-9H,3H2,1-2H3,(H2,6,7,10). The fourth-order valence-corrected chi connectivity index (χ4v) is 0.731. The highest BCUT2D eigenvalue weighted by molar-refractivity contribution is 7.80. The predicted molar refractivity (Wildman–Crippen MR) is 43.8 cm³/mol. The Morgan fingerprint density at radius 3 is 2.30 bits per heavy atom. The van der Waals surface area contributed by atoms with Crippen LogP contribution in [0.15, 0.2) is 0 Å². The Bertz CT molecular complexity index is 137. The van der Waals surface area contributed by atoms with Crippen molar-refractivity contribution in [2.24, 2.45) is 0 Å². The fraction of sp³-hybridized carbons (Fsp3) is 0.800. The van der Waals surface area contributed by atoms with Gasteiger partial charge in [0.05, 0.1) is 5.66 Å². The molecule has 0 amide bonds. The number of rotatable bonds is 1. The van der Waals surface area contributed by atoms with E-state index >= 15 is 0 Å². The maximum absolute atomic E-state index is 4.81. The average Bonchev–Trinajstić information content (AvgIpc) is 1.96. The lowest BCUT2D eigenvalue weighted by molar-refractivity contribution is 0.219. The summed E-state index contributed by atoms with van der Waals surface area (Å²) < 4.78 is 0. The normalized spacial score (nSPS) is 23.2. The number of hydrazine groups is 2. The van der Waals surface area contributed by atoms with E-state index in [-0.39, 0.29) is 5.66 Å². The zero-order chi connectivity index (χ0) is 7.61. The van der Waals surface area contributed by atoms with Gasteiger partial charge in [0.1, 0.15) is 0 Å². The first kappa shape index (κ1) is 7.71. The first-order valence-corrected chi connectivity index (χ1v) is 3.67. The van der Waals surface area contributed by atoms with Gasteiger partial charge in [0.15, 0.2) is 5.11 Å². The van der Waals surface area contributed by atoms with Gasteiger partial charge in [-0.25, -0.2) is 10.9 Å². The lowest BCUT2D eigenvalue weighted by Crippen LogP contribution is -2.72. The molecular weight excluding hydrogens is 148 g/mol. The minimum absolute atomic E-state index is 0.109. The fourth-order valence-electron chi connectivity index (χ4n) is 0.629. The lowest BCUT2D eigenvalue weighted by atomic mass is 10.1. The third-order valence-corrected chi connectivity index (χ3v) is 1.82. The zero-order valence-electron chi connectivity index (χ0n) is 6.12. The Labute approximate surface area is 65.7 Å². The maximum atomic E-state index is 4.81. The van der Waals surface area contributed by atoms with E-state index in [0.29, 0.717) is 5.11 Å². The van der Waals surface area contributed by atoms with Gasteiger partial charge < -0.3 is 0 Å². The molecule has 1 aliphatic heterocycles. The first-order chi connectivity index (χ1) is 4.66. The van der Waals surface area contributed by atoms with Gasteiger partial charge >= 0.3 is 0 Å². The molecule has 0 radical (unpaired) electrons. The largest absolute Gasteiger partial charge is 0.295 e. The van der Waals surface area contributed by atoms with Crippen LogP contribution >= 0.6 is 12.2 Å². The second kappa shape index (κ2) is 2.69. The van der Waals surface area contributed by atoms with Crippen LogP contribution in [0.1, 0.15) is 20.3 Å². The predicted octanol–water partition coefficient (Wildman–Crippen LogP) is -0.400. The summed E-state index contributed by atoms with van der Waals surface area (Å²) in [6.07, 6.45) is 0.968. The van der Waals surface area contributed by atoms with E-state index in [1.165, 1.54) is 0 Å². The number of hydrogen-bond donors (Lipinski definition) is 4. The van der Waals surface area contributed by atoms with Gasteiger partial charge in [-0.2, -0.15) is 0 Å². The molecule has 4 N–H and O–H groups in total. The van der Waals surface area contributed by atoms with Gasteiger partial charge in [-0.3, -0.25) is 10.9 Å². The van der Waals surface area contributed by atoms with Crippen LogP contribution < -0.4 is 21.7 Å². The third kappa shape index (κ3) is 1.56. The number of thiocarbonyl (C=S) groups is 1. The second-order valence-electron chi connectivity index (χ2n) is 2.51. The molecule has 0 aromatic carbocycles. The van der Waals surface area contributed by atoms with Crippen molar-refractivity contribution in [3.05, 3.63) is 0 Å². The van der Waals surface area contributed by atoms with Crippen LogP contribution in [0.2, 0.25) is 0 Å². The molecule has 1 fully saturated rings. The Hall–Kier alpha value is -0.390. The highest BCUT2D eigenvalue weighted by Gasteiger charge is 2.24. The molecule has 0 aromatic heterocycles. The smallest absolute Gasteiger partial charge is 0.195 e. The monoisotopic (exact) mass is 160 g/mol. The summed E-state index contributed by atoms with van der Waals surface area (Å²) in [7, 11) is 0. The van der Waals surface area contributed by atoms with Crippen molar-refractivity contribution >= 4 is 17.3 Å². The minimum Gasteiger partial charge on any atom is -0.295 e. The summed E-state index contributed by atoms with van der Waals surface area (Å²) >= 11 is 4.81. The van der Waals surface area contributed by atoms with Gasteiger partial charge in [-0.1, -0.05) is 6.92 Å². The van der Waals surface area contributed by atoms with E-state index in [0.717, 1.165) is 6.42 Å². The summed E-state index contributed by atoms with van der Waals surface area (Å²) in [6, 6.07) is 0. The molecule has 0 atom stereocenters. The van der Waals surface area contributed by atoms with E-state index in [4.69, 9.17) is 12.2 Å². The molecule has 4 nitrogen and oxygen atoms in total. The molecule has 58 valence electrons. The van der Waals surface area contributed by atoms with Crippen molar-refractivity contribution in [3.63, 3.8) is 0 Å². The molecule has 1 saturated heterocycles. The van der Waals surface area contributed by atoms with Gasteiger partial charge in [0.2, 0.25) is 0 Å². The van der Waals surface area contributed by atoms with E-state index in [2.05, 4.69) is 28.6 Å². The highest BCUT2D eigenvalue weighted by atomic mass is 32.1. The second-order valence-corrected chi connectivity index (χ2v) is 2.92. The molecule has 0 aliphatic carbocycles. The topological polar surface area (TPSA) is 48.1 Å². The first-order valence-electron chi connectivity index (χ1n) is 3.26. The van der Waals surface area contributed by atoms with E-state index in [9.17, 15) is 0 Å². The molecule has 5 heteroatoms. The van der Waals surface area contributed by atoms with Gasteiger partial charge in [0.25, 0.3) is 0 Å². The highest BCUT2D eigenvalue weighted by Crippen LogP contribution is 2.02. The Balaban J connectivity index is 2.46. The number of nitrogens with one attached hydrogen (secondary N) is 4. The summed E-state index contributed by atoms with van der Waals surface area (Å²) in [5.41, 5.74) is 11.6. The Morgan fingerprint density at radius 2 is 1.90 bits per heavy atom. The maximum Gasteiger partial charge on any atom is 0.195 e. The summed E-state index contributed by atoms with van der Waals surface area (Å²) in [5, 5.41) is 0.575. The van der Waals surface area contributed by atoms with Crippen molar-refractivity contribution in [2.45, 2.75) is 25.9 Å². The average molecular weight is 160 g/mol. The van der Waals surface area contributed by atoms with Gasteiger partial charge in [0, 0.05) is 0 Å². The van der Waals surface area contributed by atoms with E-state index in [1.807, 2.05) is 6.92 Å². The molecule has 0 spiro atoms. The van der Waals surface area contributed by atoms with Crippen LogP contribution in [0.5, 0.6) is 0 Å².